The van der Waals surface area contributed by atoms with Gasteiger partial charge in [0.25, 0.3) is 5.91 Å². The molecule has 3 aromatic carbocycles. The first-order chi connectivity index (χ1) is 15.7. The number of nitrogens with zero attached hydrogens (tertiary/aromatic N) is 3. The largest absolute Gasteiger partial charge is 0.361 e. The number of aromatic nitrogens is 4. The molecule has 2 N–H and O–H groups in total. The highest BCUT2D eigenvalue weighted by molar-refractivity contribution is 5.93. The predicted octanol–water partition coefficient (Wildman–Crippen LogP) is 4.62. The van der Waals surface area contributed by atoms with Crippen molar-refractivity contribution in [3.8, 4) is 5.69 Å². The van der Waals surface area contributed by atoms with Crippen molar-refractivity contribution in [3.05, 3.63) is 114 Å². The minimum Gasteiger partial charge on any atom is -0.361 e. The lowest BCUT2D eigenvalue weighted by atomic mass is 9.91. The fourth-order valence-electron chi connectivity index (χ4n) is 4.02. The van der Waals surface area contributed by atoms with E-state index in [0.29, 0.717) is 17.9 Å². The Morgan fingerprint density at radius 3 is 2.41 bits per heavy atom. The summed E-state index contributed by atoms with van der Waals surface area (Å²) < 4.78 is 0. The number of benzene rings is 3. The van der Waals surface area contributed by atoms with Crippen molar-refractivity contribution in [2.24, 2.45) is 0 Å². The molecule has 0 saturated heterocycles. The molecule has 2 heterocycles. The monoisotopic (exact) mass is 421 g/mol. The molecular formula is C26H23N5O. The van der Waals surface area contributed by atoms with Gasteiger partial charge in [0.1, 0.15) is 0 Å². The molecule has 0 spiro atoms. The standard InChI is InChI=1S/C26H23N5O/c1-18-25(30-31(29-18)20-12-6-3-7-13-20)26(32)28-16-22(19-10-4-2-5-11-19)23-17-27-24-15-9-8-14-21(23)24/h2-15,17,22,27H,16H2,1H3,(H,28,32)/t22-/m0/s1. The van der Waals surface area contributed by atoms with Crippen molar-refractivity contribution in [1.82, 2.24) is 25.3 Å². The molecule has 2 aromatic heterocycles. The first-order valence-corrected chi connectivity index (χ1v) is 10.6. The Labute approximate surface area is 185 Å². The molecule has 1 atom stereocenters. The number of hydrogen-bond donors (Lipinski definition) is 2. The second-order valence-corrected chi connectivity index (χ2v) is 7.72. The third kappa shape index (κ3) is 3.78. The first-order valence-electron chi connectivity index (χ1n) is 10.6. The number of nitrogens with one attached hydrogen (secondary N) is 2. The zero-order valence-corrected chi connectivity index (χ0v) is 17.7. The van der Waals surface area contributed by atoms with Gasteiger partial charge in [-0.05, 0) is 36.2 Å². The highest BCUT2D eigenvalue weighted by Crippen LogP contribution is 2.30. The normalized spacial score (nSPS) is 12.0. The molecule has 0 saturated carbocycles. The molecule has 0 bridgehead atoms. The van der Waals surface area contributed by atoms with Gasteiger partial charge in [-0.2, -0.15) is 9.90 Å². The van der Waals surface area contributed by atoms with E-state index in [4.69, 9.17) is 0 Å². The molecule has 0 aliphatic heterocycles. The predicted molar refractivity (Wildman–Crippen MR) is 125 cm³/mol. The molecule has 0 aliphatic carbocycles. The number of hydrogen-bond acceptors (Lipinski definition) is 3. The van der Waals surface area contributed by atoms with Crippen molar-refractivity contribution >= 4 is 16.8 Å². The molecule has 158 valence electrons. The zero-order chi connectivity index (χ0) is 21.9. The zero-order valence-electron chi connectivity index (χ0n) is 17.7. The number of carbonyl (C=O) groups is 1. The van der Waals surface area contributed by atoms with E-state index in [2.05, 4.69) is 44.8 Å². The van der Waals surface area contributed by atoms with E-state index >= 15 is 0 Å². The molecule has 0 radical (unpaired) electrons. The summed E-state index contributed by atoms with van der Waals surface area (Å²) in [6, 6.07) is 28.0. The Morgan fingerprint density at radius 2 is 1.62 bits per heavy atom. The van der Waals surface area contributed by atoms with Crippen LogP contribution < -0.4 is 5.32 Å². The van der Waals surface area contributed by atoms with Gasteiger partial charge in [-0.25, -0.2) is 0 Å². The maximum absolute atomic E-state index is 13.0. The lowest BCUT2D eigenvalue weighted by molar-refractivity contribution is 0.0946. The number of fused-ring (bicyclic) bond motifs is 1. The first kappa shape index (κ1) is 19.8. The third-order valence-corrected chi connectivity index (χ3v) is 5.65. The van der Waals surface area contributed by atoms with Crippen LogP contribution in [0, 0.1) is 6.92 Å². The smallest absolute Gasteiger partial charge is 0.273 e. The Balaban J connectivity index is 1.42. The molecule has 5 aromatic rings. The number of para-hydroxylation sites is 2. The van der Waals surface area contributed by atoms with Crippen LogP contribution in [0.5, 0.6) is 0 Å². The van der Waals surface area contributed by atoms with Crippen molar-refractivity contribution < 1.29 is 4.79 Å². The molecule has 32 heavy (non-hydrogen) atoms. The number of carbonyl (C=O) groups excluding carboxylic acids is 1. The number of amides is 1. The van der Waals surface area contributed by atoms with Crippen molar-refractivity contribution in [2.45, 2.75) is 12.8 Å². The summed E-state index contributed by atoms with van der Waals surface area (Å²) >= 11 is 0. The molecule has 5 rings (SSSR count). The number of H-pyrrole nitrogens is 1. The number of rotatable bonds is 6. The molecule has 0 aliphatic rings. The van der Waals surface area contributed by atoms with E-state index in [-0.39, 0.29) is 11.8 Å². The van der Waals surface area contributed by atoms with Crippen LogP contribution >= 0.6 is 0 Å². The number of aryl methyl sites for hydroxylation is 1. The van der Waals surface area contributed by atoms with Crippen LogP contribution in [-0.2, 0) is 0 Å². The van der Waals surface area contributed by atoms with E-state index in [1.165, 1.54) is 4.80 Å². The van der Waals surface area contributed by atoms with Gasteiger partial charge in [0, 0.05) is 29.6 Å². The van der Waals surface area contributed by atoms with Gasteiger partial charge in [0.05, 0.1) is 11.4 Å². The van der Waals surface area contributed by atoms with Gasteiger partial charge in [0.2, 0.25) is 0 Å². The van der Waals surface area contributed by atoms with Crippen molar-refractivity contribution in [1.29, 1.82) is 0 Å². The maximum Gasteiger partial charge on any atom is 0.273 e. The van der Waals surface area contributed by atoms with Gasteiger partial charge >= 0.3 is 0 Å². The summed E-state index contributed by atoms with van der Waals surface area (Å²) in [5.74, 6) is -0.230. The quantitative estimate of drug-likeness (QED) is 0.420. The van der Waals surface area contributed by atoms with Crippen LogP contribution in [-0.4, -0.2) is 32.4 Å². The molecule has 6 nitrogen and oxygen atoms in total. The molecule has 6 heteroatoms. The lowest BCUT2D eigenvalue weighted by Gasteiger charge is -2.18. The Bertz CT molecular complexity index is 1360. The van der Waals surface area contributed by atoms with Crippen LogP contribution in [0.4, 0.5) is 0 Å². The van der Waals surface area contributed by atoms with E-state index < -0.39 is 0 Å². The van der Waals surface area contributed by atoms with E-state index in [1.54, 1.807) is 6.92 Å². The van der Waals surface area contributed by atoms with Gasteiger partial charge in [-0.1, -0.05) is 66.7 Å². The number of aromatic amines is 1. The summed E-state index contributed by atoms with van der Waals surface area (Å²) in [4.78, 5) is 17.9. The molecule has 1 amide bonds. The van der Waals surface area contributed by atoms with Crippen LogP contribution in [0.1, 0.15) is 33.2 Å². The fourth-order valence-corrected chi connectivity index (χ4v) is 4.02. The highest BCUT2D eigenvalue weighted by atomic mass is 16.2. The summed E-state index contributed by atoms with van der Waals surface area (Å²) in [5, 5.41) is 13.1. The minimum absolute atomic E-state index is 0.000717. The Kier molecular flexibility index (Phi) is 5.25. The van der Waals surface area contributed by atoms with Crippen LogP contribution in [0.2, 0.25) is 0 Å². The maximum atomic E-state index is 13.0. The molecule has 0 unspecified atom stereocenters. The summed E-state index contributed by atoms with van der Waals surface area (Å²) in [6.07, 6.45) is 2.03. The van der Waals surface area contributed by atoms with Gasteiger partial charge in [0.15, 0.2) is 5.69 Å². The highest BCUT2D eigenvalue weighted by Gasteiger charge is 2.21. The van der Waals surface area contributed by atoms with E-state index in [9.17, 15) is 4.79 Å². The van der Waals surface area contributed by atoms with Crippen LogP contribution in [0.3, 0.4) is 0 Å². The van der Waals surface area contributed by atoms with Gasteiger partial charge < -0.3 is 10.3 Å². The average molecular weight is 422 g/mol. The van der Waals surface area contributed by atoms with Crippen LogP contribution in [0.25, 0.3) is 16.6 Å². The van der Waals surface area contributed by atoms with Crippen LogP contribution in [0.15, 0.2) is 91.1 Å². The Morgan fingerprint density at radius 1 is 0.938 bits per heavy atom. The van der Waals surface area contributed by atoms with Crippen molar-refractivity contribution in [3.63, 3.8) is 0 Å². The van der Waals surface area contributed by atoms with E-state index in [0.717, 1.165) is 27.7 Å². The average Bonchev–Trinajstić information content (AvgIpc) is 3.44. The topological polar surface area (TPSA) is 75.6 Å². The second-order valence-electron chi connectivity index (χ2n) is 7.72. The molecule has 0 fully saturated rings. The van der Waals surface area contributed by atoms with Gasteiger partial charge in [-0.15, -0.1) is 5.10 Å². The Hall–Kier alpha value is -4.19. The summed E-state index contributed by atoms with van der Waals surface area (Å²) in [7, 11) is 0. The summed E-state index contributed by atoms with van der Waals surface area (Å²) in [6.45, 7) is 2.25. The van der Waals surface area contributed by atoms with E-state index in [1.807, 2.05) is 66.9 Å². The lowest BCUT2D eigenvalue weighted by Crippen LogP contribution is -2.29. The van der Waals surface area contributed by atoms with Crippen molar-refractivity contribution in [2.75, 3.05) is 6.54 Å². The third-order valence-electron chi connectivity index (χ3n) is 5.65. The van der Waals surface area contributed by atoms with Gasteiger partial charge in [-0.3, -0.25) is 4.79 Å². The second kappa shape index (κ2) is 8.51. The summed E-state index contributed by atoms with van der Waals surface area (Å²) in [5.41, 5.74) is 5.11. The SMILES string of the molecule is Cc1nn(-c2ccccc2)nc1C(=O)NC[C@@H](c1ccccc1)c1c[nH]c2ccccc12. The molecular weight excluding hydrogens is 398 g/mol. The fraction of sp³-hybridized carbons (Fsp3) is 0.115. The minimum atomic E-state index is -0.231.